The number of carbonyl (C=O) groups is 2. The molecule has 0 bridgehead atoms. The van der Waals surface area contributed by atoms with E-state index >= 15 is 0 Å². The van der Waals surface area contributed by atoms with E-state index in [0.717, 1.165) is 23.4 Å². The maximum absolute atomic E-state index is 12.9. The van der Waals surface area contributed by atoms with Crippen molar-refractivity contribution < 1.29 is 22.8 Å². The summed E-state index contributed by atoms with van der Waals surface area (Å²) in [5.41, 5.74) is 2.41. The van der Waals surface area contributed by atoms with Gasteiger partial charge in [-0.2, -0.15) is 13.2 Å². The first-order valence-corrected chi connectivity index (χ1v) is 11.8. The van der Waals surface area contributed by atoms with E-state index in [4.69, 9.17) is 0 Å². The van der Waals surface area contributed by atoms with E-state index in [1.54, 1.807) is 17.0 Å². The lowest BCUT2D eigenvalue weighted by atomic mass is 10.0. The van der Waals surface area contributed by atoms with Crippen LogP contribution in [0.2, 0.25) is 0 Å². The minimum Gasteiger partial charge on any atom is -0.322 e. The van der Waals surface area contributed by atoms with Crippen molar-refractivity contribution in [2.75, 3.05) is 16.0 Å². The number of alkyl halides is 3. The first kappa shape index (κ1) is 23.9. The van der Waals surface area contributed by atoms with E-state index in [9.17, 15) is 22.8 Å². The number of carbonyl (C=O) groups excluding carboxylic acids is 2. The highest BCUT2D eigenvalue weighted by atomic mass is 32.2. The number of benzene rings is 3. The van der Waals surface area contributed by atoms with E-state index in [0.29, 0.717) is 17.4 Å². The molecule has 0 spiro atoms. The zero-order valence-corrected chi connectivity index (χ0v) is 19.4. The van der Waals surface area contributed by atoms with Gasteiger partial charge in [-0.05, 0) is 59.5 Å². The van der Waals surface area contributed by atoms with Gasteiger partial charge in [0.25, 0.3) is 5.91 Å². The van der Waals surface area contributed by atoms with E-state index < -0.39 is 17.6 Å². The van der Waals surface area contributed by atoms with Gasteiger partial charge in [-0.3, -0.25) is 14.5 Å². The van der Waals surface area contributed by atoms with Gasteiger partial charge in [0.05, 0.1) is 11.3 Å². The van der Waals surface area contributed by atoms with Crippen molar-refractivity contribution in [1.82, 2.24) is 0 Å². The molecule has 4 nitrogen and oxygen atoms in total. The van der Waals surface area contributed by atoms with Crippen molar-refractivity contribution in [1.29, 1.82) is 0 Å². The molecule has 0 aromatic heterocycles. The summed E-state index contributed by atoms with van der Waals surface area (Å²) in [5, 5.41) is 2.43. The monoisotopic (exact) mass is 484 g/mol. The molecule has 1 heterocycles. The molecular weight excluding hydrogens is 461 g/mol. The fourth-order valence-electron chi connectivity index (χ4n) is 3.74. The predicted octanol–water partition coefficient (Wildman–Crippen LogP) is 6.86. The Balaban J connectivity index is 1.49. The molecule has 1 atom stereocenters. The van der Waals surface area contributed by atoms with Crippen molar-refractivity contribution in [3.8, 4) is 0 Å². The summed E-state index contributed by atoms with van der Waals surface area (Å²) in [6, 6.07) is 19.3. The third-order valence-corrected chi connectivity index (χ3v) is 6.82. The number of halogens is 3. The summed E-state index contributed by atoms with van der Waals surface area (Å²) in [6.45, 7) is 4.23. The SMILES string of the molecule is CC(C)c1ccc(N2C(=O)CS[C@@H]2c2ccc(NC(=O)c3cccc(C(F)(F)F)c3)cc2)cc1. The minimum absolute atomic E-state index is 0.0224. The maximum atomic E-state index is 12.9. The van der Waals surface area contributed by atoms with Crippen LogP contribution in [-0.4, -0.2) is 17.6 Å². The van der Waals surface area contributed by atoms with Crippen molar-refractivity contribution in [3.05, 3.63) is 95.1 Å². The van der Waals surface area contributed by atoms with Gasteiger partial charge in [0.1, 0.15) is 5.37 Å². The molecule has 8 heteroatoms. The Hall–Kier alpha value is -3.26. The first-order valence-electron chi connectivity index (χ1n) is 10.8. The molecule has 4 rings (SSSR count). The Morgan fingerprint density at radius 1 is 1.03 bits per heavy atom. The molecule has 34 heavy (non-hydrogen) atoms. The Bertz CT molecular complexity index is 1190. The van der Waals surface area contributed by atoms with Crippen molar-refractivity contribution >= 4 is 35.0 Å². The number of amides is 2. The van der Waals surface area contributed by atoms with E-state index in [1.807, 2.05) is 36.4 Å². The molecule has 0 radical (unpaired) electrons. The second kappa shape index (κ2) is 9.54. The van der Waals surface area contributed by atoms with Crippen LogP contribution >= 0.6 is 11.8 Å². The zero-order chi connectivity index (χ0) is 24.5. The molecular formula is C26H23F3N2O2S. The van der Waals surface area contributed by atoms with Gasteiger partial charge in [-0.25, -0.2) is 0 Å². The van der Waals surface area contributed by atoms with Crippen LogP contribution < -0.4 is 10.2 Å². The fourth-order valence-corrected chi connectivity index (χ4v) is 4.92. The number of nitrogens with zero attached hydrogens (tertiary/aromatic N) is 1. The Kier molecular flexibility index (Phi) is 6.70. The summed E-state index contributed by atoms with van der Waals surface area (Å²) in [5.74, 6) is 0.155. The van der Waals surface area contributed by atoms with Crippen LogP contribution in [0.4, 0.5) is 24.5 Å². The average molecular weight is 485 g/mol. The standard InChI is InChI=1S/C26H23F3N2O2S/c1-16(2)17-8-12-22(13-9-17)31-23(32)15-34-25(31)18-6-10-21(11-7-18)30-24(33)19-4-3-5-20(14-19)26(27,28)29/h3-14,16,25H,15H2,1-2H3,(H,30,33)/t25-/m1/s1. The van der Waals surface area contributed by atoms with Crippen molar-refractivity contribution in [3.63, 3.8) is 0 Å². The quantitative estimate of drug-likeness (QED) is 0.430. The molecule has 1 saturated heterocycles. The zero-order valence-electron chi connectivity index (χ0n) is 18.6. The summed E-state index contributed by atoms with van der Waals surface area (Å²) < 4.78 is 38.8. The van der Waals surface area contributed by atoms with Gasteiger partial charge < -0.3 is 5.32 Å². The van der Waals surface area contributed by atoms with Crippen LogP contribution in [0.25, 0.3) is 0 Å². The smallest absolute Gasteiger partial charge is 0.322 e. The third-order valence-electron chi connectivity index (χ3n) is 5.61. The predicted molar refractivity (Wildman–Crippen MR) is 129 cm³/mol. The number of hydrogen-bond acceptors (Lipinski definition) is 3. The van der Waals surface area contributed by atoms with Crippen LogP contribution in [0.15, 0.2) is 72.8 Å². The van der Waals surface area contributed by atoms with Gasteiger partial charge in [-0.15, -0.1) is 11.8 Å². The highest BCUT2D eigenvalue weighted by Gasteiger charge is 2.34. The molecule has 0 aliphatic carbocycles. The second-order valence-corrected chi connectivity index (χ2v) is 9.40. The van der Waals surface area contributed by atoms with Crippen molar-refractivity contribution in [2.24, 2.45) is 0 Å². The van der Waals surface area contributed by atoms with Crippen LogP contribution in [0.5, 0.6) is 0 Å². The number of hydrogen-bond donors (Lipinski definition) is 1. The molecule has 1 fully saturated rings. The van der Waals surface area contributed by atoms with Gasteiger partial charge in [0.15, 0.2) is 0 Å². The van der Waals surface area contributed by atoms with E-state index in [1.165, 1.54) is 29.5 Å². The van der Waals surface area contributed by atoms with Crippen LogP contribution in [0.1, 0.15) is 52.2 Å². The number of nitrogens with one attached hydrogen (secondary N) is 1. The Labute approximate surface area is 200 Å². The normalized spacial score (nSPS) is 16.2. The largest absolute Gasteiger partial charge is 0.416 e. The molecule has 1 N–H and O–H groups in total. The van der Waals surface area contributed by atoms with Gasteiger partial charge in [0, 0.05) is 16.9 Å². The summed E-state index contributed by atoms with van der Waals surface area (Å²) in [7, 11) is 0. The topological polar surface area (TPSA) is 49.4 Å². The van der Waals surface area contributed by atoms with E-state index in [-0.39, 0.29) is 16.8 Å². The minimum atomic E-state index is -4.52. The van der Waals surface area contributed by atoms with Gasteiger partial charge in [0.2, 0.25) is 5.91 Å². The van der Waals surface area contributed by atoms with Crippen molar-refractivity contribution in [2.45, 2.75) is 31.3 Å². The van der Waals surface area contributed by atoms with Gasteiger partial charge in [-0.1, -0.05) is 44.2 Å². The highest BCUT2D eigenvalue weighted by Crippen LogP contribution is 2.42. The van der Waals surface area contributed by atoms with Gasteiger partial charge >= 0.3 is 6.18 Å². The fraction of sp³-hybridized carbons (Fsp3) is 0.231. The average Bonchev–Trinajstić information content (AvgIpc) is 3.20. The second-order valence-electron chi connectivity index (χ2n) is 8.33. The third kappa shape index (κ3) is 5.12. The molecule has 1 aliphatic heterocycles. The molecule has 3 aromatic rings. The molecule has 0 saturated carbocycles. The van der Waals surface area contributed by atoms with Crippen LogP contribution in [0.3, 0.4) is 0 Å². The molecule has 176 valence electrons. The summed E-state index contributed by atoms with van der Waals surface area (Å²) >= 11 is 1.52. The lowest BCUT2D eigenvalue weighted by Gasteiger charge is -2.25. The molecule has 2 amide bonds. The molecule has 1 aliphatic rings. The Morgan fingerprint density at radius 3 is 2.32 bits per heavy atom. The Morgan fingerprint density at radius 2 is 1.71 bits per heavy atom. The lowest BCUT2D eigenvalue weighted by Crippen LogP contribution is -2.27. The number of rotatable bonds is 5. The van der Waals surface area contributed by atoms with Crippen LogP contribution in [-0.2, 0) is 11.0 Å². The molecule has 3 aromatic carbocycles. The van der Waals surface area contributed by atoms with E-state index in [2.05, 4.69) is 19.2 Å². The first-order chi connectivity index (χ1) is 16.1. The lowest BCUT2D eigenvalue weighted by molar-refractivity contribution is -0.137. The summed E-state index contributed by atoms with van der Waals surface area (Å²) in [6.07, 6.45) is -4.52. The number of thioether (sulfide) groups is 1. The number of anilines is 2. The summed E-state index contributed by atoms with van der Waals surface area (Å²) in [4.78, 5) is 26.8. The van der Waals surface area contributed by atoms with Crippen LogP contribution in [0, 0.1) is 0 Å². The maximum Gasteiger partial charge on any atom is 0.416 e. The highest BCUT2D eigenvalue weighted by molar-refractivity contribution is 8.00. The molecule has 0 unspecified atom stereocenters.